The van der Waals surface area contributed by atoms with Crippen LogP contribution in [0.25, 0.3) is 10.9 Å². The van der Waals surface area contributed by atoms with E-state index in [2.05, 4.69) is 4.98 Å². The van der Waals surface area contributed by atoms with Crippen LogP contribution in [-0.4, -0.2) is 22.6 Å². The molecular formula is C17H15FN2O3S. The smallest absolute Gasteiger partial charge is 0.166 e. The molecule has 0 radical (unpaired) electrons. The molecule has 1 heterocycles. The summed E-state index contributed by atoms with van der Waals surface area (Å²) in [5, 5.41) is 0.710. The largest absolute Gasteiger partial charge is 0.497 e. The van der Waals surface area contributed by atoms with E-state index in [9.17, 15) is 8.60 Å². The number of aromatic nitrogens is 1. The first-order chi connectivity index (χ1) is 11.4. The minimum atomic E-state index is -2.98. The van der Waals surface area contributed by atoms with Gasteiger partial charge in [-0.25, -0.2) is 13.4 Å². The van der Waals surface area contributed by atoms with Crippen molar-refractivity contribution in [2.75, 3.05) is 13.4 Å². The molecule has 0 amide bonds. The lowest BCUT2D eigenvalue weighted by Gasteiger charge is -2.11. The maximum atomic E-state index is 14.2. The number of halogens is 1. The molecule has 0 fully saturated rings. The number of pyridine rings is 1. The Morgan fingerprint density at radius 2 is 1.92 bits per heavy atom. The van der Waals surface area contributed by atoms with Crippen LogP contribution in [0, 0.1) is 10.6 Å². The number of rotatable bonds is 4. The van der Waals surface area contributed by atoms with Gasteiger partial charge in [0.1, 0.15) is 11.5 Å². The molecule has 0 saturated carbocycles. The van der Waals surface area contributed by atoms with Gasteiger partial charge in [-0.15, -0.1) is 0 Å². The van der Waals surface area contributed by atoms with Crippen molar-refractivity contribution < 1.29 is 18.1 Å². The highest BCUT2D eigenvalue weighted by atomic mass is 32.2. The lowest BCUT2D eigenvalue weighted by Crippen LogP contribution is -1.97. The summed E-state index contributed by atoms with van der Waals surface area (Å²) in [6.07, 6.45) is 2.80. The number of benzene rings is 2. The van der Waals surface area contributed by atoms with Gasteiger partial charge in [0.15, 0.2) is 11.6 Å². The Bertz CT molecular complexity index is 1020. The second-order valence-electron chi connectivity index (χ2n) is 5.23. The number of hydrogen-bond donors (Lipinski definition) is 1. The maximum Gasteiger partial charge on any atom is 0.166 e. The first kappa shape index (κ1) is 16.2. The highest BCUT2D eigenvalue weighted by Gasteiger charge is 2.12. The molecule has 5 nitrogen and oxygen atoms in total. The summed E-state index contributed by atoms with van der Waals surface area (Å²) in [6, 6.07) is 10.8. The lowest BCUT2D eigenvalue weighted by molar-refractivity contribution is 0.415. The van der Waals surface area contributed by atoms with Crippen molar-refractivity contribution in [2.24, 2.45) is 0 Å². The Labute approximate surface area is 139 Å². The molecule has 1 aromatic heterocycles. The van der Waals surface area contributed by atoms with Crippen molar-refractivity contribution >= 4 is 20.6 Å². The fraction of sp³-hybridized carbons (Fsp3) is 0.118. The molecule has 0 aliphatic rings. The third-order valence-electron chi connectivity index (χ3n) is 3.48. The van der Waals surface area contributed by atoms with E-state index in [1.54, 1.807) is 37.6 Å². The molecular weight excluding hydrogens is 331 g/mol. The molecule has 3 rings (SSSR count). The molecule has 0 saturated heterocycles. The van der Waals surface area contributed by atoms with Crippen molar-refractivity contribution in [3.8, 4) is 17.2 Å². The van der Waals surface area contributed by atoms with Crippen LogP contribution in [0.1, 0.15) is 0 Å². The van der Waals surface area contributed by atoms with E-state index in [1.165, 1.54) is 18.4 Å². The van der Waals surface area contributed by atoms with Crippen LogP contribution in [0.5, 0.6) is 17.2 Å². The second kappa shape index (κ2) is 6.09. The van der Waals surface area contributed by atoms with Gasteiger partial charge in [-0.2, -0.15) is 0 Å². The van der Waals surface area contributed by atoms with Gasteiger partial charge in [0.05, 0.1) is 27.3 Å². The molecule has 2 aromatic carbocycles. The zero-order chi connectivity index (χ0) is 17.3. The minimum absolute atomic E-state index is 0.00859. The van der Waals surface area contributed by atoms with Gasteiger partial charge in [-0.3, -0.25) is 4.98 Å². The number of hydrogen-bond acceptors (Lipinski definition) is 5. The third-order valence-corrected chi connectivity index (χ3v) is 4.64. The normalized spacial score (nSPS) is 13.5. The van der Waals surface area contributed by atoms with Crippen LogP contribution in [-0.2, 0) is 9.73 Å². The summed E-state index contributed by atoms with van der Waals surface area (Å²) in [5.41, 5.74) is 0.659. The summed E-state index contributed by atoms with van der Waals surface area (Å²) in [7, 11) is -1.41. The summed E-state index contributed by atoms with van der Waals surface area (Å²) < 4.78 is 44.2. The molecule has 7 heteroatoms. The monoisotopic (exact) mass is 346 g/mol. The third kappa shape index (κ3) is 3.16. The van der Waals surface area contributed by atoms with Gasteiger partial charge in [-0.05, 0) is 36.4 Å². The number of fused-ring (bicyclic) bond motifs is 1. The zero-order valence-electron chi connectivity index (χ0n) is 13.1. The Balaban J connectivity index is 2.01. The summed E-state index contributed by atoms with van der Waals surface area (Å²) in [5.74, 6) is 0.423. The van der Waals surface area contributed by atoms with Crippen LogP contribution in [0.4, 0.5) is 4.39 Å². The van der Waals surface area contributed by atoms with Gasteiger partial charge < -0.3 is 9.47 Å². The van der Waals surface area contributed by atoms with E-state index in [0.29, 0.717) is 22.4 Å². The van der Waals surface area contributed by atoms with Crippen LogP contribution < -0.4 is 9.47 Å². The molecule has 0 aliphatic carbocycles. The van der Waals surface area contributed by atoms with Crippen molar-refractivity contribution in [1.82, 2.24) is 4.98 Å². The van der Waals surface area contributed by atoms with Crippen LogP contribution in [0.15, 0.2) is 53.6 Å². The first-order valence-electron chi connectivity index (χ1n) is 7.02. The fourth-order valence-corrected chi connectivity index (χ4v) is 2.90. The molecule has 3 aromatic rings. The van der Waals surface area contributed by atoms with Gasteiger partial charge in [0.2, 0.25) is 0 Å². The van der Waals surface area contributed by atoms with Crippen molar-refractivity contribution in [3.63, 3.8) is 0 Å². The lowest BCUT2D eigenvalue weighted by atomic mass is 10.2. The van der Waals surface area contributed by atoms with Crippen LogP contribution in [0.3, 0.4) is 0 Å². The molecule has 124 valence electrons. The van der Waals surface area contributed by atoms with Gasteiger partial charge >= 0.3 is 0 Å². The van der Waals surface area contributed by atoms with E-state index < -0.39 is 15.5 Å². The first-order valence-corrected chi connectivity index (χ1v) is 8.99. The summed E-state index contributed by atoms with van der Waals surface area (Å²) in [4.78, 5) is 4.37. The molecule has 1 atom stereocenters. The average molecular weight is 346 g/mol. The zero-order valence-corrected chi connectivity index (χ0v) is 13.9. The van der Waals surface area contributed by atoms with E-state index >= 15 is 0 Å². The minimum Gasteiger partial charge on any atom is -0.497 e. The molecule has 0 aliphatic heterocycles. The maximum absolute atomic E-state index is 14.2. The Morgan fingerprint density at radius 1 is 1.12 bits per heavy atom. The molecule has 1 N–H and O–H groups in total. The Kier molecular flexibility index (Phi) is 4.11. The number of nitrogens with zero attached hydrogens (tertiary/aromatic N) is 1. The standard InChI is InChI=1S/C17H15FN2O3S/c1-22-11-3-5-13-15(9-11)20-8-7-16(13)23-17-6-4-12(10-14(17)18)24(2,19)21/h3-10,19H,1-2H3. The second-order valence-corrected chi connectivity index (χ2v) is 7.39. The SMILES string of the molecule is COc1ccc2c(Oc3ccc(S(C)(=N)=O)cc3F)ccnc2c1. The van der Waals surface area contributed by atoms with E-state index in [-0.39, 0.29) is 10.6 Å². The highest BCUT2D eigenvalue weighted by Crippen LogP contribution is 2.32. The average Bonchev–Trinajstić information content (AvgIpc) is 2.55. The molecule has 1 unspecified atom stereocenters. The summed E-state index contributed by atoms with van der Waals surface area (Å²) >= 11 is 0. The Hall–Kier alpha value is -2.67. The fourth-order valence-electron chi connectivity index (χ4n) is 2.24. The van der Waals surface area contributed by atoms with Crippen molar-refractivity contribution in [1.29, 1.82) is 4.78 Å². The van der Waals surface area contributed by atoms with Gasteiger partial charge in [0.25, 0.3) is 0 Å². The molecule has 0 spiro atoms. The highest BCUT2D eigenvalue weighted by molar-refractivity contribution is 7.91. The molecule has 24 heavy (non-hydrogen) atoms. The number of methoxy groups -OCH3 is 1. The van der Waals surface area contributed by atoms with Crippen LogP contribution in [0.2, 0.25) is 0 Å². The van der Waals surface area contributed by atoms with E-state index in [4.69, 9.17) is 14.3 Å². The Morgan fingerprint density at radius 3 is 2.58 bits per heavy atom. The van der Waals surface area contributed by atoms with Gasteiger partial charge in [-0.1, -0.05) is 0 Å². The number of nitrogens with one attached hydrogen (secondary N) is 1. The van der Waals surface area contributed by atoms with Crippen molar-refractivity contribution in [2.45, 2.75) is 4.90 Å². The van der Waals surface area contributed by atoms with Gasteiger partial charge in [0, 0.05) is 23.9 Å². The van der Waals surface area contributed by atoms with E-state index in [1.807, 2.05) is 0 Å². The quantitative estimate of drug-likeness (QED) is 0.768. The summed E-state index contributed by atoms with van der Waals surface area (Å²) in [6.45, 7) is 0. The topological polar surface area (TPSA) is 72.3 Å². The van der Waals surface area contributed by atoms with Crippen molar-refractivity contribution in [3.05, 3.63) is 54.5 Å². The van der Waals surface area contributed by atoms with Crippen LogP contribution >= 0.6 is 0 Å². The van der Waals surface area contributed by atoms with E-state index in [0.717, 1.165) is 6.07 Å². The number of ether oxygens (including phenoxy) is 2. The predicted octanol–water partition coefficient (Wildman–Crippen LogP) is 4.21. The predicted molar refractivity (Wildman–Crippen MR) is 89.8 cm³/mol. The molecule has 0 bridgehead atoms.